The second-order valence-electron chi connectivity index (χ2n) is 3.95. The summed E-state index contributed by atoms with van der Waals surface area (Å²) in [5, 5.41) is 4.36. The molecular formula is C12H16N2O. The highest BCUT2D eigenvalue weighted by Gasteiger charge is 2.19. The molecule has 2 rings (SSSR count). The largest absolute Gasteiger partial charge is 0.294 e. The summed E-state index contributed by atoms with van der Waals surface area (Å²) in [6.45, 7) is 2.07. The van der Waals surface area contributed by atoms with Gasteiger partial charge in [-0.05, 0) is 19.3 Å². The number of allylic oxidation sites excluding steroid dienone is 2. The second kappa shape index (κ2) is 4.01. The van der Waals surface area contributed by atoms with Crippen molar-refractivity contribution in [2.75, 3.05) is 0 Å². The zero-order valence-electron chi connectivity index (χ0n) is 9.29. The van der Waals surface area contributed by atoms with E-state index in [1.807, 2.05) is 13.2 Å². The maximum atomic E-state index is 11.8. The molecule has 0 N–H and O–H groups in total. The van der Waals surface area contributed by atoms with Crippen molar-refractivity contribution in [2.24, 2.45) is 7.05 Å². The van der Waals surface area contributed by atoms with E-state index in [9.17, 15) is 4.79 Å². The summed E-state index contributed by atoms with van der Waals surface area (Å²) in [6.07, 6.45) is 7.57. The Morgan fingerprint density at radius 3 is 3.00 bits per heavy atom. The van der Waals surface area contributed by atoms with Gasteiger partial charge in [0.15, 0.2) is 5.78 Å². The van der Waals surface area contributed by atoms with Gasteiger partial charge in [-0.2, -0.15) is 5.10 Å². The minimum Gasteiger partial charge on any atom is -0.294 e. The van der Waals surface area contributed by atoms with Crippen molar-refractivity contribution in [3.05, 3.63) is 23.5 Å². The summed E-state index contributed by atoms with van der Waals surface area (Å²) in [5.41, 5.74) is 2.94. The van der Waals surface area contributed by atoms with Crippen LogP contribution >= 0.6 is 0 Å². The van der Waals surface area contributed by atoms with Crippen molar-refractivity contribution in [3.8, 4) is 0 Å². The Labute approximate surface area is 89.8 Å². The van der Waals surface area contributed by atoms with Gasteiger partial charge in [0, 0.05) is 30.8 Å². The molecule has 0 radical (unpaired) electrons. The first-order chi connectivity index (χ1) is 7.22. The van der Waals surface area contributed by atoms with Crippen LogP contribution in [-0.4, -0.2) is 15.6 Å². The molecule has 3 nitrogen and oxygen atoms in total. The Kier molecular flexibility index (Phi) is 2.71. The predicted octanol–water partition coefficient (Wildman–Crippen LogP) is 2.12. The number of carbonyl (C=O) groups is 1. The molecule has 0 spiro atoms. The third-order valence-electron chi connectivity index (χ3n) is 2.79. The van der Waals surface area contributed by atoms with Crippen molar-refractivity contribution in [2.45, 2.75) is 32.6 Å². The van der Waals surface area contributed by atoms with Crippen LogP contribution in [0.2, 0.25) is 0 Å². The number of aromatic nitrogens is 2. The van der Waals surface area contributed by atoms with Crippen molar-refractivity contribution < 1.29 is 4.79 Å². The van der Waals surface area contributed by atoms with Crippen LogP contribution in [0.5, 0.6) is 0 Å². The lowest BCUT2D eigenvalue weighted by molar-refractivity contribution is -0.114. The number of hydrogen-bond acceptors (Lipinski definition) is 2. The summed E-state index contributed by atoms with van der Waals surface area (Å²) in [7, 11) is 1.90. The minimum absolute atomic E-state index is 0.268. The van der Waals surface area contributed by atoms with Gasteiger partial charge in [-0.1, -0.05) is 13.0 Å². The van der Waals surface area contributed by atoms with Gasteiger partial charge < -0.3 is 0 Å². The lowest BCUT2D eigenvalue weighted by atomic mass is 9.92. The number of hydrogen-bond donors (Lipinski definition) is 0. The van der Waals surface area contributed by atoms with Gasteiger partial charge in [0.1, 0.15) is 0 Å². The standard InChI is InChI=1S/C12H16N2O/c1-3-11-10(8-14(2)13-11)9-6-4-5-7-12(9)15/h6,8H,3-5,7H2,1-2H3. The number of carbonyl (C=O) groups excluding carboxylic acids is 1. The fourth-order valence-electron chi connectivity index (χ4n) is 2.04. The van der Waals surface area contributed by atoms with Crippen LogP contribution in [0.4, 0.5) is 0 Å². The highest BCUT2D eigenvalue weighted by molar-refractivity contribution is 6.21. The van der Waals surface area contributed by atoms with E-state index in [1.54, 1.807) is 4.68 Å². The molecule has 15 heavy (non-hydrogen) atoms. The molecule has 0 aliphatic heterocycles. The quantitative estimate of drug-likeness (QED) is 0.739. The van der Waals surface area contributed by atoms with Crippen LogP contribution < -0.4 is 0 Å². The summed E-state index contributed by atoms with van der Waals surface area (Å²) >= 11 is 0. The normalized spacial score (nSPS) is 16.7. The minimum atomic E-state index is 0.268. The molecule has 0 saturated carbocycles. The van der Waals surface area contributed by atoms with E-state index in [4.69, 9.17) is 0 Å². The van der Waals surface area contributed by atoms with Crippen LogP contribution in [0.25, 0.3) is 5.57 Å². The molecule has 0 atom stereocenters. The van der Waals surface area contributed by atoms with Gasteiger partial charge in [-0.25, -0.2) is 0 Å². The molecule has 1 aliphatic rings. The predicted molar refractivity (Wildman–Crippen MR) is 59.4 cm³/mol. The number of ketones is 1. The van der Waals surface area contributed by atoms with E-state index < -0.39 is 0 Å². The first-order valence-corrected chi connectivity index (χ1v) is 5.48. The maximum absolute atomic E-state index is 11.8. The third kappa shape index (κ3) is 1.87. The van der Waals surface area contributed by atoms with Gasteiger partial charge in [-0.3, -0.25) is 9.48 Å². The van der Waals surface area contributed by atoms with E-state index in [0.717, 1.165) is 36.1 Å². The van der Waals surface area contributed by atoms with E-state index in [1.165, 1.54) is 0 Å². The molecule has 0 aromatic carbocycles. The van der Waals surface area contributed by atoms with Crippen molar-refractivity contribution in [1.29, 1.82) is 0 Å². The fourth-order valence-corrected chi connectivity index (χ4v) is 2.04. The molecule has 0 fully saturated rings. The molecular weight excluding hydrogens is 188 g/mol. The molecule has 0 bridgehead atoms. The maximum Gasteiger partial charge on any atom is 0.163 e. The Balaban J connectivity index is 2.43. The highest BCUT2D eigenvalue weighted by Crippen LogP contribution is 2.26. The molecule has 3 heteroatoms. The number of rotatable bonds is 2. The van der Waals surface area contributed by atoms with E-state index >= 15 is 0 Å². The van der Waals surface area contributed by atoms with E-state index in [-0.39, 0.29) is 5.78 Å². The Hall–Kier alpha value is -1.38. The average Bonchev–Trinajstić information content (AvgIpc) is 2.60. The smallest absolute Gasteiger partial charge is 0.163 e. The van der Waals surface area contributed by atoms with E-state index in [2.05, 4.69) is 18.1 Å². The van der Waals surface area contributed by atoms with Crippen molar-refractivity contribution in [1.82, 2.24) is 9.78 Å². The van der Waals surface area contributed by atoms with Gasteiger partial charge in [-0.15, -0.1) is 0 Å². The van der Waals surface area contributed by atoms with Crippen LogP contribution in [0.15, 0.2) is 12.3 Å². The summed E-state index contributed by atoms with van der Waals surface area (Å²) in [4.78, 5) is 11.8. The van der Waals surface area contributed by atoms with E-state index in [0.29, 0.717) is 6.42 Å². The average molecular weight is 204 g/mol. The number of Topliss-reactive ketones (excluding diaryl/α,β-unsaturated/α-hetero) is 1. The molecule has 1 heterocycles. The lowest BCUT2D eigenvalue weighted by Crippen LogP contribution is -2.06. The zero-order chi connectivity index (χ0) is 10.8. The van der Waals surface area contributed by atoms with Crippen LogP contribution in [0.1, 0.15) is 37.4 Å². The summed E-state index contributed by atoms with van der Waals surface area (Å²) in [6, 6.07) is 0. The first-order valence-electron chi connectivity index (χ1n) is 5.48. The Morgan fingerprint density at radius 1 is 1.53 bits per heavy atom. The topological polar surface area (TPSA) is 34.9 Å². The van der Waals surface area contributed by atoms with Crippen molar-refractivity contribution >= 4 is 11.4 Å². The zero-order valence-corrected chi connectivity index (χ0v) is 9.29. The Morgan fingerprint density at radius 2 is 2.33 bits per heavy atom. The third-order valence-corrected chi connectivity index (χ3v) is 2.79. The second-order valence-corrected chi connectivity index (χ2v) is 3.95. The molecule has 0 amide bonds. The molecule has 0 unspecified atom stereocenters. The van der Waals surface area contributed by atoms with Crippen molar-refractivity contribution in [3.63, 3.8) is 0 Å². The monoisotopic (exact) mass is 204 g/mol. The van der Waals surface area contributed by atoms with Gasteiger partial charge in [0.2, 0.25) is 0 Å². The fraction of sp³-hybridized carbons (Fsp3) is 0.500. The number of nitrogens with zero attached hydrogens (tertiary/aromatic N) is 2. The van der Waals surface area contributed by atoms with Gasteiger partial charge >= 0.3 is 0 Å². The molecule has 1 aromatic heterocycles. The summed E-state index contributed by atoms with van der Waals surface area (Å²) in [5.74, 6) is 0.268. The van der Waals surface area contributed by atoms with Crippen LogP contribution in [-0.2, 0) is 18.3 Å². The Bertz CT molecular complexity index is 415. The number of aryl methyl sites for hydroxylation is 2. The molecule has 0 saturated heterocycles. The lowest BCUT2D eigenvalue weighted by Gasteiger charge is -2.10. The molecule has 1 aromatic rings. The molecule has 80 valence electrons. The first kappa shape index (κ1) is 10.1. The van der Waals surface area contributed by atoms with Crippen LogP contribution in [0, 0.1) is 0 Å². The SMILES string of the molecule is CCc1nn(C)cc1C1=CCCCC1=O. The van der Waals surface area contributed by atoms with Gasteiger partial charge in [0.25, 0.3) is 0 Å². The van der Waals surface area contributed by atoms with Crippen LogP contribution in [0.3, 0.4) is 0 Å². The van der Waals surface area contributed by atoms with Gasteiger partial charge in [0.05, 0.1) is 5.69 Å². The molecule has 1 aliphatic carbocycles. The highest BCUT2D eigenvalue weighted by atomic mass is 16.1. The summed E-state index contributed by atoms with van der Waals surface area (Å²) < 4.78 is 1.79.